The molecule has 0 unspecified atom stereocenters. The number of aromatic hydroxyl groups is 1. The average Bonchev–Trinajstić information content (AvgIpc) is 3.76. The Morgan fingerprint density at radius 1 is 0.783 bits per heavy atom. The van der Waals surface area contributed by atoms with Crippen LogP contribution in [0.25, 0.3) is 16.8 Å². The highest BCUT2D eigenvalue weighted by Crippen LogP contribution is 2.40. The van der Waals surface area contributed by atoms with Crippen LogP contribution in [0.15, 0.2) is 126 Å². The molecule has 1 saturated heterocycles. The Kier molecular flexibility index (Phi) is 14.6. The molecule has 0 saturated carbocycles. The number of amides is 2. The number of tetrazole rings is 1. The van der Waals surface area contributed by atoms with E-state index >= 15 is 0 Å². The summed E-state index contributed by atoms with van der Waals surface area (Å²) in [7, 11) is 0. The molecule has 6 aromatic rings. The Labute approximate surface area is 353 Å². The van der Waals surface area contributed by atoms with Crippen molar-refractivity contribution in [3.63, 3.8) is 0 Å². The number of aromatic nitrogens is 4. The van der Waals surface area contributed by atoms with Gasteiger partial charge in [0.05, 0.1) is 35.9 Å². The number of nitrogen functional groups attached to an aromatic ring is 1. The molecule has 14 heteroatoms. The van der Waals surface area contributed by atoms with Gasteiger partial charge in [0, 0.05) is 37.1 Å². The number of phenols is 1. The van der Waals surface area contributed by atoms with Crippen LogP contribution in [0.3, 0.4) is 0 Å². The van der Waals surface area contributed by atoms with Gasteiger partial charge in [0.2, 0.25) is 17.0 Å². The highest BCUT2D eigenvalue weighted by molar-refractivity contribution is 7.99. The molecular formula is C46H49N7O6S. The molecule has 2 heterocycles. The van der Waals surface area contributed by atoms with E-state index in [0.717, 1.165) is 64.8 Å². The maximum atomic E-state index is 12.6. The van der Waals surface area contributed by atoms with Crippen molar-refractivity contribution < 1.29 is 29.3 Å². The van der Waals surface area contributed by atoms with E-state index in [-0.39, 0.29) is 36.4 Å². The number of hydrogen-bond acceptors (Lipinski definition) is 11. The van der Waals surface area contributed by atoms with Crippen molar-refractivity contribution >= 4 is 35.0 Å². The molecule has 0 aliphatic carbocycles. The standard InChI is InChI=1S/C46H49N7O6S/c47-40-10-5-6-11-41(40)49-44(57)13-4-2-1-3-12-43(56)48-28-32-8-7-9-36(26-32)33-18-20-35(21-19-33)45-58-39(27-42(59-45)34-16-14-31(29-54)15-17-34)30-60-46-50-51-52-53(46)37-22-24-38(55)25-23-37/h5-11,14-26,39,42,45,54-55H,1-4,12-13,27-30,47H2,(H,48,56)(H,49,57)/t39-,42+,45+/m0/s1. The van der Waals surface area contributed by atoms with E-state index in [0.29, 0.717) is 48.1 Å². The van der Waals surface area contributed by atoms with Gasteiger partial charge in [-0.05, 0) is 93.6 Å². The normalized spacial score (nSPS) is 16.3. The van der Waals surface area contributed by atoms with Crippen LogP contribution in [0.1, 0.15) is 79.6 Å². The fourth-order valence-corrected chi connectivity index (χ4v) is 7.85. The van der Waals surface area contributed by atoms with Gasteiger partial charge >= 0.3 is 0 Å². The molecule has 7 rings (SSSR count). The van der Waals surface area contributed by atoms with Gasteiger partial charge in [-0.1, -0.05) is 103 Å². The lowest BCUT2D eigenvalue weighted by atomic mass is 9.99. The first-order chi connectivity index (χ1) is 29.3. The van der Waals surface area contributed by atoms with Crippen LogP contribution in [-0.4, -0.2) is 54.1 Å². The van der Waals surface area contributed by atoms with Crippen LogP contribution in [0.2, 0.25) is 0 Å². The fourth-order valence-electron chi connectivity index (χ4n) is 6.95. The zero-order chi connectivity index (χ0) is 41.7. The lowest BCUT2D eigenvalue weighted by Crippen LogP contribution is -2.31. The second-order valence-corrected chi connectivity index (χ2v) is 15.7. The lowest BCUT2D eigenvalue weighted by Gasteiger charge is -2.36. The second kappa shape index (κ2) is 20.8. The van der Waals surface area contributed by atoms with E-state index in [1.54, 1.807) is 41.1 Å². The van der Waals surface area contributed by atoms with Gasteiger partial charge in [-0.25, -0.2) is 0 Å². The highest BCUT2D eigenvalue weighted by Gasteiger charge is 2.33. The van der Waals surface area contributed by atoms with Gasteiger partial charge in [-0.15, -0.1) is 5.10 Å². The van der Waals surface area contributed by atoms with Gasteiger partial charge in [-0.2, -0.15) is 4.68 Å². The summed E-state index contributed by atoms with van der Waals surface area (Å²) in [5.74, 6) is 0.675. The van der Waals surface area contributed by atoms with Gasteiger partial charge < -0.3 is 36.1 Å². The van der Waals surface area contributed by atoms with Gasteiger partial charge in [0.1, 0.15) is 5.75 Å². The Hall–Kier alpha value is -6.06. The smallest absolute Gasteiger partial charge is 0.224 e. The summed E-state index contributed by atoms with van der Waals surface area (Å²) in [4.78, 5) is 24.9. The number of benzene rings is 5. The number of phenolic OH excluding ortho intramolecular Hbond substituents is 1. The predicted octanol–water partition coefficient (Wildman–Crippen LogP) is 8.04. The van der Waals surface area contributed by atoms with Crippen molar-refractivity contribution in [2.24, 2.45) is 0 Å². The third-order valence-electron chi connectivity index (χ3n) is 10.3. The number of carbonyl (C=O) groups excluding carboxylic acids is 2. The number of aliphatic hydroxyl groups excluding tert-OH is 1. The summed E-state index contributed by atoms with van der Waals surface area (Å²) in [5, 5.41) is 38.1. The zero-order valence-corrected chi connectivity index (χ0v) is 34.0. The lowest BCUT2D eigenvalue weighted by molar-refractivity contribution is -0.245. The number of carbonyl (C=O) groups is 2. The Morgan fingerprint density at radius 2 is 1.52 bits per heavy atom. The molecule has 1 aliphatic heterocycles. The zero-order valence-electron chi connectivity index (χ0n) is 33.2. The van der Waals surface area contributed by atoms with Gasteiger partial charge in [-0.3, -0.25) is 9.59 Å². The van der Waals surface area contributed by atoms with Crippen LogP contribution >= 0.6 is 11.8 Å². The first-order valence-corrected chi connectivity index (χ1v) is 21.1. The molecule has 0 bridgehead atoms. The topological polar surface area (TPSA) is 187 Å². The summed E-state index contributed by atoms with van der Waals surface area (Å²) >= 11 is 1.48. The summed E-state index contributed by atoms with van der Waals surface area (Å²) in [6.45, 7) is 0.396. The van der Waals surface area contributed by atoms with E-state index in [9.17, 15) is 19.8 Å². The van der Waals surface area contributed by atoms with Crippen molar-refractivity contribution in [2.45, 2.75) is 81.8 Å². The van der Waals surface area contributed by atoms with Crippen molar-refractivity contribution in [3.8, 4) is 22.6 Å². The number of nitrogens with one attached hydrogen (secondary N) is 2. The fraction of sp³-hybridized carbons (Fsp3) is 0.283. The molecule has 60 heavy (non-hydrogen) atoms. The monoisotopic (exact) mass is 827 g/mol. The molecule has 0 spiro atoms. The van der Waals surface area contributed by atoms with Crippen LogP contribution < -0.4 is 16.4 Å². The Morgan fingerprint density at radius 3 is 2.27 bits per heavy atom. The van der Waals surface area contributed by atoms with E-state index in [4.69, 9.17) is 15.2 Å². The maximum Gasteiger partial charge on any atom is 0.224 e. The first kappa shape index (κ1) is 42.1. The minimum atomic E-state index is -0.630. The van der Waals surface area contributed by atoms with Crippen LogP contribution in [0.5, 0.6) is 5.75 Å². The molecule has 3 atom stereocenters. The van der Waals surface area contributed by atoms with Crippen LogP contribution in [-0.2, 0) is 32.2 Å². The number of unbranched alkanes of at least 4 members (excludes halogenated alkanes) is 3. The third-order valence-corrected chi connectivity index (χ3v) is 11.3. The number of anilines is 2. The minimum Gasteiger partial charge on any atom is -0.508 e. The summed E-state index contributed by atoms with van der Waals surface area (Å²) in [5.41, 5.74) is 13.6. The molecule has 1 aliphatic rings. The number of nitrogens with two attached hydrogens (primary N) is 1. The largest absolute Gasteiger partial charge is 0.508 e. The molecular weight excluding hydrogens is 779 g/mol. The average molecular weight is 828 g/mol. The second-order valence-electron chi connectivity index (χ2n) is 14.7. The highest BCUT2D eigenvalue weighted by atomic mass is 32.2. The Balaban J connectivity index is 0.912. The molecule has 1 fully saturated rings. The number of aliphatic hydroxyl groups is 1. The maximum absolute atomic E-state index is 12.6. The number of rotatable bonds is 18. The molecule has 310 valence electrons. The number of hydrogen-bond donors (Lipinski definition) is 5. The number of para-hydroxylation sites is 2. The molecule has 13 nitrogen and oxygen atoms in total. The van der Waals surface area contributed by atoms with E-state index in [1.807, 2.05) is 66.7 Å². The van der Waals surface area contributed by atoms with E-state index in [2.05, 4.69) is 44.4 Å². The van der Waals surface area contributed by atoms with E-state index < -0.39 is 6.29 Å². The number of nitrogens with zero attached hydrogens (tertiary/aromatic N) is 4. The third kappa shape index (κ3) is 11.6. The van der Waals surface area contributed by atoms with Gasteiger partial charge in [0.15, 0.2) is 6.29 Å². The first-order valence-electron chi connectivity index (χ1n) is 20.1. The van der Waals surface area contributed by atoms with E-state index in [1.165, 1.54) is 11.8 Å². The molecule has 2 amide bonds. The predicted molar refractivity (Wildman–Crippen MR) is 231 cm³/mol. The minimum absolute atomic E-state index is 0.00443. The van der Waals surface area contributed by atoms with Crippen molar-refractivity contribution in [1.82, 2.24) is 25.5 Å². The Bertz CT molecular complexity index is 2320. The molecule has 6 N–H and O–H groups in total. The quantitative estimate of drug-likeness (QED) is 0.0321. The molecule has 5 aromatic carbocycles. The van der Waals surface area contributed by atoms with Crippen molar-refractivity contribution in [3.05, 3.63) is 144 Å². The van der Waals surface area contributed by atoms with Crippen molar-refractivity contribution in [2.75, 3.05) is 16.8 Å². The number of ether oxygens (including phenoxy) is 2. The van der Waals surface area contributed by atoms with Crippen molar-refractivity contribution in [1.29, 1.82) is 0 Å². The van der Waals surface area contributed by atoms with Gasteiger partial charge in [0.25, 0.3) is 0 Å². The summed E-state index contributed by atoms with van der Waals surface area (Å²) in [6, 6.07) is 38.0. The SMILES string of the molecule is Nc1ccccc1NC(=O)CCCCCCC(=O)NCc1cccc(-c2ccc([C@@H]3O[C@H](CSc4nnnn4-c4ccc(O)cc4)C[C@H](c4ccc(CO)cc4)O3)cc2)c1. The molecule has 0 radical (unpaired) electrons. The molecule has 1 aromatic heterocycles. The number of thioether (sulfide) groups is 1. The van der Waals surface area contributed by atoms with Crippen LogP contribution in [0.4, 0.5) is 11.4 Å². The summed E-state index contributed by atoms with van der Waals surface area (Å²) in [6.07, 6.45) is 3.64. The summed E-state index contributed by atoms with van der Waals surface area (Å²) < 4.78 is 14.8. The van der Waals surface area contributed by atoms with Crippen LogP contribution in [0, 0.1) is 0 Å².